The van der Waals surface area contributed by atoms with Crippen molar-refractivity contribution in [3.05, 3.63) is 132 Å². The minimum absolute atomic E-state index is 0.151. The molecule has 0 radical (unpaired) electrons. The minimum Gasteiger partial charge on any atom is -0.359 e. The van der Waals surface area contributed by atoms with Gasteiger partial charge in [0.05, 0.1) is 12.6 Å². The molecule has 0 bridgehead atoms. The Kier molecular flexibility index (Phi) is 8.07. The highest BCUT2D eigenvalue weighted by molar-refractivity contribution is 6.02. The molecule has 1 heterocycles. The first-order chi connectivity index (χ1) is 17.2. The van der Waals surface area contributed by atoms with Crippen LogP contribution in [-0.4, -0.2) is 29.4 Å². The molecule has 4 nitrogen and oxygen atoms in total. The van der Waals surface area contributed by atoms with E-state index in [0.29, 0.717) is 12.8 Å². The quantitative estimate of drug-likeness (QED) is 0.159. The molecule has 2 amide bonds. The first-order valence-electron chi connectivity index (χ1n) is 12.1. The second kappa shape index (κ2) is 11.6. The van der Waals surface area contributed by atoms with Crippen molar-refractivity contribution in [1.82, 2.24) is 4.90 Å². The number of hydrogen-bond acceptors (Lipinski definition) is 3. The Morgan fingerprint density at radius 1 is 0.886 bits per heavy atom. The summed E-state index contributed by atoms with van der Waals surface area (Å²) in [4.78, 5) is 26.9. The number of nitrogens with zero attached hydrogens (tertiary/aromatic N) is 1. The molecule has 3 aromatic carbocycles. The molecular weight excluding hydrogens is 434 g/mol. The zero-order valence-corrected chi connectivity index (χ0v) is 19.9. The Balaban J connectivity index is 1.69. The molecule has 0 aliphatic carbocycles. The number of carbonyl (C=O) groups excluding carboxylic acids is 2. The zero-order valence-electron chi connectivity index (χ0n) is 19.9. The fourth-order valence-corrected chi connectivity index (χ4v) is 4.67. The molecule has 0 spiro atoms. The molecule has 4 heteroatoms. The third-order valence-corrected chi connectivity index (χ3v) is 6.39. The molecule has 1 atom stereocenters. The summed E-state index contributed by atoms with van der Waals surface area (Å²) < 4.78 is 6.86. The summed E-state index contributed by atoms with van der Waals surface area (Å²) in [7, 11) is 0. The Morgan fingerprint density at radius 2 is 1.40 bits per heavy atom. The van der Waals surface area contributed by atoms with Gasteiger partial charge in [0.15, 0.2) is 0 Å². The lowest BCUT2D eigenvalue weighted by molar-refractivity contribution is -0.142. The number of hydrogen-bond donors (Lipinski definition) is 0. The molecule has 3 aromatic rings. The average Bonchev–Trinajstić information content (AvgIpc) is 3.29. The normalized spacial score (nSPS) is 16.1. The topological polar surface area (TPSA) is 46.6 Å². The molecule has 4 rings (SSSR count). The number of carbonyl (C=O) groups is 2. The largest absolute Gasteiger partial charge is 0.359 e. The van der Waals surface area contributed by atoms with E-state index in [-0.39, 0.29) is 24.5 Å². The molecular formula is C31H31NO3. The Labute approximate surface area is 207 Å². The van der Waals surface area contributed by atoms with Gasteiger partial charge in [0.25, 0.3) is 5.91 Å². The van der Waals surface area contributed by atoms with E-state index < -0.39 is 5.60 Å². The molecule has 1 fully saturated rings. The number of rotatable bonds is 10. The summed E-state index contributed by atoms with van der Waals surface area (Å²) in [5.74, 6) is -0.434. The molecule has 0 aromatic heterocycles. The van der Waals surface area contributed by atoms with Crippen LogP contribution in [0.3, 0.4) is 0 Å². The lowest BCUT2D eigenvalue weighted by atomic mass is 9.80. The summed E-state index contributed by atoms with van der Waals surface area (Å²) in [6, 6.07) is 30.0. The smallest absolute Gasteiger partial charge is 0.253 e. The maximum Gasteiger partial charge on any atom is 0.253 e. The Bertz CT molecular complexity index is 1060. The van der Waals surface area contributed by atoms with Gasteiger partial charge < -0.3 is 4.74 Å². The van der Waals surface area contributed by atoms with Gasteiger partial charge in [0.2, 0.25) is 5.91 Å². The van der Waals surface area contributed by atoms with E-state index in [1.807, 2.05) is 60.7 Å². The Morgan fingerprint density at radius 3 is 1.89 bits per heavy atom. The van der Waals surface area contributed by atoms with Crippen molar-refractivity contribution in [2.24, 2.45) is 0 Å². The fraction of sp³-hybridized carbons (Fsp3) is 0.226. The molecule has 1 aliphatic rings. The van der Waals surface area contributed by atoms with Crippen molar-refractivity contribution in [3.63, 3.8) is 0 Å². The van der Waals surface area contributed by atoms with Crippen LogP contribution in [0.15, 0.2) is 116 Å². The molecule has 1 saturated heterocycles. The highest BCUT2D eigenvalue weighted by atomic mass is 16.5. The predicted octanol–water partition coefficient (Wildman–Crippen LogP) is 6.04. The van der Waals surface area contributed by atoms with E-state index in [1.54, 1.807) is 6.08 Å². The van der Waals surface area contributed by atoms with Gasteiger partial charge in [0, 0.05) is 6.42 Å². The standard InChI is InChI=1S/C31H31NO3/c1-2-3-4-14-21-29(33)32-28(22-23-30(32)34)24-35-31(25-15-8-5-9-16-25,26-17-10-6-11-18-26)27-19-12-7-13-20-27/h2,5-21,28H,1,3-4,22-24H2/b21-14+/t28-/m0/s1. The van der Waals surface area contributed by atoms with E-state index in [2.05, 4.69) is 43.0 Å². The van der Waals surface area contributed by atoms with Gasteiger partial charge in [-0.1, -0.05) is 103 Å². The van der Waals surface area contributed by atoms with Crippen LogP contribution in [0, 0.1) is 0 Å². The van der Waals surface area contributed by atoms with Gasteiger partial charge in [-0.2, -0.15) is 0 Å². The summed E-state index contributed by atoms with van der Waals surface area (Å²) in [6.45, 7) is 3.93. The second-order valence-corrected chi connectivity index (χ2v) is 8.65. The van der Waals surface area contributed by atoms with Gasteiger partial charge in [-0.25, -0.2) is 0 Å². The summed E-state index contributed by atoms with van der Waals surface area (Å²) >= 11 is 0. The van der Waals surface area contributed by atoms with Gasteiger partial charge in [0.1, 0.15) is 5.60 Å². The summed E-state index contributed by atoms with van der Waals surface area (Å²) in [5.41, 5.74) is 2.08. The second-order valence-electron chi connectivity index (χ2n) is 8.65. The van der Waals surface area contributed by atoms with Crippen LogP contribution in [0.5, 0.6) is 0 Å². The van der Waals surface area contributed by atoms with E-state index in [0.717, 1.165) is 29.5 Å². The van der Waals surface area contributed by atoms with Crippen LogP contribution in [0.25, 0.3) is 0 Å². The molecule has 178 valence electrons. The van der Waals surface area contributed by atoms with Gasteiger partial charge >= 0.3 is 0 Å². The highest BCUT2D eigenvalue weighted by Gasteiger charge is 2.41. The van der Waals surface area contributed by atoms with Crippen molar-refractivity contribution in [2.45, 2.75) is 37.3 Å². The van der Waals surface area contributed by atoms with Crippen molar-refractivity contribution >= 4 is 11.8 Å². The molecule has 1 aliphatic heterocycles. The van der Waals surface area contributed by atoms with Gasteiger partial charge in [-0.05, 0) is 42.0 Å². The van der Waals surface area contributed by atoms with Crippen LogP contribution in [0.4, 0.5) is 0 Å². The number of imide groups is 1. The average molecular weight is 466 g/mol. The minimum atomic E-state index is -0.885. The van der Waals surface area contributed by atoms with Crippen molar-refractivity contribution in [3.8, 4) is 0 Å². The van der Waals surface area contributed by atoms with E-state index in [9.17, 15) is 9.59 Å². The van der Waals surface area contributed by atoms with E-state index in [4.69, 9.17) is 4.74 Å². The van der Waals surface area contributed by atoms with Crippen LogP contribution in [0.1, 0.15) is 42.4 Å². The Hall–Kier alpha value is -3.76. The first-order valence-corrected chi connectivity index (χ1v) is 12.1. The third-order valence-electron chi connectivity index (χ3n) is 6.39. The third kappa shape index (κ3) is 5.33. The number of unbranched alkanes of at least 4 members (excludes halogenated alkanes) is 1. The predicted molar refractivity (Wildman–Crippen MR) is 139 cm³/mol. The fourth-order valence-electron chi connectivity index (χ4n) is 4.67. The number of allylic oxidation sites excluding steroid dienone is 2. The lowest BCUT2D eigenvalue weighted by Gasteiger charge is -2.37. The van der Waals surface area contributed by atoms with E-state index in [1.165, 1.54) is 11.0 Å². The number of likely N-dealkylation sites (tertiary alicyclic amines) is 1. The zero-order chi connectivity index (χ0) is 24.5. The first kappa shape index (κ1) is 24.4. The van der Waals surface area contributed by atoms with Crippen molar-refractivity contribution < 1.29 is 14.3 Å². The summed E-state index contributed by atoms with van der Waals surface area (Å²) in [5, 5.41) is 0. The number of ether oxygens (including phenoxy) is 1. The van der Waals surface area contributed by atoms with Gasteiger partial charge in [-0.3, -0.25) is 14.5 Å². The van der Waals surface area contributed by atoms with Crippen LogP contribution >= 0.6 is 0 Å². The highest BCUT2D eigenvalue weighted by Crippen LogP contribution is 2.41. The van der Waals surface area contributed by atoms with E-state index >= 15 is 0 Å². The van der Waals surface area contributed by atoms with Crippen LogP contribution in [0.2, 0.25) is 0 Å². The molecule has 0 saturated carbocycles. The maximum atomic E-state index is 12.9. The van der Waals surface area contributed by atoms with Crippen LogP contribution < -0.4 is 0 Å². The SMILES string of the molecule is C=CCC/C=C/C(=O)N1C(=O)CC[C@H]1COC(c1ccccc1)(c1ccccc1)c1ccccc1. The molecule has 35 heavy (non-hydrogen) atoms. The van der Waals surface area contributed by atoms with Crippen LogP contribution in [-0.2, 0) is 19.9 Å². The summed E-state index contributed by atoms with van der Waals surface area (Å²) in [6.07, 6.45) is 7.54. The number of benzene rings is 3. The lowest BCUT2D eigenvalue weighted by Crippen LogP contribution is -2.43. The van der Waals surface area contributed by atoms with Crippen molar-refractivity contribution in [1.29, 1.82) is 0 Å². The van der Waals surface area contributed by atoms with Crippen molar-refractivity contribution in [2.75, 3.05) is 6.61 Å². The van der Waals surface area contributed by atoms with Gasteiger partial charge in [-0.15, -0.1) is 6.58 Å². The molecule has 0 N–H and O–H groups in total. The number of amides is 2. The maximum absolute atomic E-state index is 12.9. The monoisotopic (exact) mass is 465 g/mol. The molecule has 0 unspecified atom stereocenters.